The minimum atomic E-state index is 0.325. The SMILES string of the molecule is NC[C@H]1CCCCN1c1nc2ccccc2nc1N. The molecule has 1 aliphatic rings. The third-order valence-electron chi connectivity index (χ3n) is 3.75. The van der Waals surface area contributed by atoms with Gasteiger partial charge in [0.15, 0.2) is 11.6 Å². The van der Waals surface area contributed by atoms with Crippen LogP contribution in [-0.4, -0.2) is 29.1 Å². The summed E-state index contributed by atoms with van der Waals surface area (Å²) in [7, 11) is 0. The van der Waals surface area contributed by atoms with Gasteiger partial charge in [-0.3, -0.25) is 0 Å². The molecule has 3 rings (SSSR count). The topological polar surface area (TPSA) is 81.1 Å². The van der Waals surface area contributed by atoms with E-state index in [1.54, 1.807) is 0 Å². The molecule has 1 aliphatic heterocycles. The number of nitrogens with two attached hydrogens (primary N) is 2. The number of benzene rings is 1. The van der Waals surface area contributed by atoms with E-state index in [1.165, 1.54) is 6.42 Å². The van der Waals surface area contributed by atoms with Crippen molar-refractivity contribution in [3.05, 3.63) is 24.3 Å². The number of nitrogen functional groups attached to an aromatic ring is 1. The number of nitrogens with zero attached hydrogens (tertiary/aromatic N) is 3. The van der Waals surface area contributed by atoms with Crippen LogP contribution >= 0.6 is 0 Å². The summed E-state index contributed by atoms with van der Waals surface area (Å²) in [6.45, 7) is 1.59. The van der Waals surface area contributed by atoms with E-state index >= 15 is 0 Å². The Hall–Kier alpha value is -1.88. The van der Waals surface area contributed by atoms with Gasteiger partial charge in [0.25, 0.3) is 0 Å². The highest BCUT2D eigenvalue weighted by Crippen LogP contribution is 2.28. The summed E-state index contributed by atoms with van der Waals surface area (Å²) >= 11 is 0. The number of anilines is 2. The summed E-state index contributed by atoms with van der Waals surface area (Å²) in [6.07, 6.45) is 3.48. The van der Waals surface area contributed by atoms with E-state index in [4.69, 9.17) is 11.5 Å². The molecule has 1 aromatic carbocycles. The Balaban J connectivity index is 2.05. The van der Waals surface area contributed by atoms with Crippen molar-refractivity contribution in [2.45, 2.75) is 25.3 Å². The van der Waals surface area contributed by atoms with Crippen molar-refractivity contribution in [3.63, 3.8) is 0 Å². The first-order valence-electron chi connectivity index (χ1n) is 6.78. The molecule has 19 heavy (non-hydrogen) atoms. The maximum atomic E-state index is 6.08. The first-order valence-corrected chi connectivity index (χ1v) is 6.78. The molecule has 1 aromatic heterocycles. The second-order valence-corrected chi connectivity index (χ2v) is 5.00. The highest BCUT2D eigenvalue weighted by molar-refractivity contribution is 5.79. The molecular weight excluding hydrogens is 238 g/mol. The Kier molecular flexibility index (Phi) is 3.21. The first-order chi connectivity index (χ1) is 9.29. The van der Waals surface area contributed by atoms with E-state index in [9.17, 15) is 0 Å². The first kappa shape index (κ1) is 12.2. The van der Waals surface area contributed by atoms with Crippen LogP contribution in [0.15, 0.2) is 24.3 Å². The van der Waals surface area contributed by atoms with Gasteiger partial charge in [0, 0.05) is 19.1 Å². The van der Waals surface area contributed by atoms with Gasteiger partial charge in [-0.05, 0) is 31.4 Å². The highest BCUT2D eigenvalue weighted by atomic mass is 15.2. The lowest BCUT2D eigenvalue weighted by molar-refractivity contribution is 0.462. The normalized spacial score (nSPS) is 19.8. The average molecular weight is 257 g/mol. The fourth-order valence-corrected chi connectivity index (χ4v) is 2.74. The monoisotopic (exact) mass is 257 g/mol. The van der Waals surface area contributed by atoms with Crippen molar-refractivity contribution in [1.82, 2.24) is 9.97 Å². The Morgan fingerprint density at radius 3 is 2.63 bits per heavy atom. The Morgan fingerprint density at radius 1 is 1.16 bits per heavy atom. The number of fused-ring (bicyclic) bond motifs is 1. The van der Waals surface area contributed by atoms with Gasteiger partial charge in [-0.1, -0.05) is 12.1 Å². The third kappa shape index (κ3) is 2.21. The maximum absolute atomic E-state index is 6.08. The number of hydrogen-bond acceptors (Lipinski definition) is 5. The van der Waals surface area contributed by atoms with Crippen LogP contribution in [0, 0.1) is 0 Å². The summed E-state index contributed by atoms with van der Waals surface area (Å²) in [5, 5.41) is 0. The van der Waals surface area contributed by atoms with Gasteiger partial charge in [0.05, 0.1) is 11.0 Å². The molecule has 100 valence electrons. The summed E-state index contributed by atoms with van der Waals surface area (Å²) in [5.74, 6) is 1.29. The number of rotatable bonds is 2. The molecule has 4 N–H and O–H groups in total. The van der Waals surface area contributed by atoms with Crippen molar-refractivity contribution < 1.29 is 0 Å². The lowest BCUT2D eigenvalue weighted by atomic mass is 10.0. The molecule has 0 spiro atoms. The predicted molar refractivity (Wildman–Crippen MR) is 78.0 cm³/mol. The lowest BCUT2D eigenvalue weighted by Gasteiger charge is -2.36. The average Bonchev–Trinajstić information content (AvgIpc) is 2.46. The smallest absolute Gasteiger partial charge is 0.172 e. The van der Waals surface area contributed by atoms with Crippen molar-refractivity contribution in [1.29, 1.82) is 0 Å². The van der Waals surface area contributed by atoms with Crippen LogP contribution in [0.3, 0.4) is 0 Å². The predicted octanol–water partition coefficient (Wildman–Crippen LogP) is 1.53. The molecule has 0 amide bonds. The van der Waals surface area contributed by atoms with E-state index in [0.29, 0.717) is 18.4 Å². The van der Waals surface area contributed by atoms with Crippen LogP contribution in [0.25, 0.3) is 11.0 Å². The molecule has 2 aromatic rings. The van der Waals surface area contributed by atoms with Crippen LogP contribution in [0.1, 0.15) is 19.3 Å². The Morgan fingerprint density at radius 2 is 1.89 bits per heavy atom. The largest absolute Gasteiger partial charge is 0.381 e. The van der Waals surface area contributed by atoms with E-state index in [1.807, 2.05) is 24.3 Å². The third-order valence-corrected chi connectivity index (χ3v) is 3.75. The minimum absolute atomic E-state index is 0.325. The summed E-state index contributed by atoms with van der Waals surface area (Å²) in [5.41, 5.74) is 13.7. The van der Waals surface area contributed by atoms with Gasteiger partial charge in [-0.25, -0.2) is 9.97 Å². The lowest BCUT2D eigenvalue weighted by Crippen LogP contribution is -2.45. The van der Waals surface area contributed by atoms with Crippen LogP contribution in [0.4, 0.5) is 11.6 Å². The quantitative estimate of drug-likeness (QED) is 0.852. The van der Waals surface area contributed by atoms with E-state index in [2.05, 4.69) is 14.9 Å². The van der Waals surface area contributed by atoms with E-state index in [0.717, 1.165) is 36.2 Å². The number of piperidine rings is 1. The molecule has 0 radical (unpaired) electrons. The van der Waals surface area contributed by atoms with Crippen molar-refractivity contribution >= 4 is 22.7 Å². The molecule has 0 aliphatic carbocycles. The molecule has 1 atom stereocenters. The summed E-state index contributed by atoms with van der Waals surface area (Å²) < 4.78 is 0. The second-order valence-electron chi connectivity index (χ2n) is 5.00. The zero-order valence-electron chi connectivity index (χ0n) is 10.9. The van der Waals surface area contributed by atoms with Gasteiger partial charge in [0.2, 0.25) is 0 Å². The zero-order chi connectivity index (χ0) is 13.2. The van der Waals surface area contributed by atoms with Gasteiger partial charge in [0.1, 0.15) is 0 Å². The van der Waals surface area contributed by atoms with E-state index < -0.39 is 0 Å². The van der Waals surface area contributed by atoms with Crippen LogP contribution in [0.5, 0.6) is 0 Å². The summed E-state index contributed by atoms with van der Waals surface area (Å²) in [4.78, 5) is 11.4. The number of para-hydroxylation sites is 2. The fraction of sp³-hybridized carbons (Fsp3) is 0.429. The zero-order valence-corrected chi connectivity index (χ0v) is 10.9. The van der Waals surface area contributed by atoms with Crippen LogP contribution < -0.4 is 16.4 Å². The van der Waals surface area contributed by atoms with Gasteiger partial charge in [-0.2, -0.15) is 0 Å². The van der Waals surface area contributed by atoms with Crippen molar-refractivity contribution in [2.75, 3.05) is 23.7 Å². The van der Waals surface area contributed by atoms with Crippen LogP contribution in [0.2, 0.25) is 0 Å². The number of aromatic nitrogens is 2. The second kappa shape index (κ2) is 5.01. The molecular formula is C14H19N5. The molecule has 5 nitrogen and oxygen atoms in total. The standard InChI is InChI=1S/C14H19N5/c15-9-10-5-3-4-8-19(10)14-13(16)17-11-6-1-2-7-12(11)18-14/h1-2,6-7,10H,3-5,8-9,15H2,(H2,16,17)/t10-/m1/s1. The molecule has 0 bridgehead atoms. The summed E-state index contributed by atoms with van der Waals surface area (Å²) in [6, 6.07) is 8.13. The van der Waals surface area contributed by atoms with Crippen molar-refractivity contribution in [2.24, 2.45) is 5.73 Å². The Bertz CT molecular complexity index is 583. The van der Waals surface area contributed by atoms with Gasteiger partial charge in [-0.15, -0.1) is 0 Å². The van der Waals surface area contributed by atoms with Gasteiger partial charge >= 0.3 is 0 Å². The Labute approximate surface area is 112 Å². The minimum Gasteiger partial charge on any atom is -0.381 e. The molecule has 0 unspecified atom stereocenters. The molecule has 0 saturated carbocycles. The number of hydrogen-bond donors (Lipinski definition) is 2. The molecule has 2 heterocycles. The van der Waals surface area contributed by atoms with Crippen LogP contribution in [-0.2, 0) is 0 Å². The van der Waals surface area contributed by atoms with Gasteiger partial charge < -0.3 is 16.4 Å². The molecule has 1 saturated heterocycles. The molecule has 5 heteroatoms. The highest BCUT2D eigenvalue weighted by Gasteiger charge is 2.24. The van der Waals surface area contributed by atoms with Crippen molar-refractivity contribution in [3.8, 4) is 0 Å². The maximum Gasteiger partial charge on any atom is 0.172 e. The van der Waals surface area contributed by atoms with E-state index in [-0.39, 0.29) is 0 Å². The molecule has 1 fully saturated rings. The fourth-order valence-electron chi connectivity index (χ4n) is 2.74.